The highest BCUT2D eigenvalue weighted by molar-refractivity contribution is 5.73. The number of fused-ring (bicyclic) bond motifs is 1. The van der Waals surface area contributed by atoms with E-state index in [-0.39, 0.29) is 24.6 Å². The normalized spacial score (nSPS) is 10.3. The Labute approximate surface area is 102 Å². The fourth-order valence-electron chi connectivity index (χ4n) is 1.37. The minimum Gasteiger partial charge on any atom is -0.445 e. The van der Waals surface area contributed by atoms with Gasteiger partial charge in [0.2, 0.25) is 5.89 Å². The predicted octanol–water partition coefficient (Wildman–Crippen LogP) is 2.38. The first-order chi connectivity index (χ1) is 8.70. The van der Waals surface area contributed by atoms with Gasteiger partial charge in [0.1, 0.15) is 12.1 Å². The summed E-state index contributed by atoms with van der Waals surface area (Å²) in [5.41, 5.74) is 0.486. The third kappa shape index (κ3) is 2.65. The summed E-state index contributed by atoms with van der Waals surface area (Å²) >= 11 is 0. The first kappa shape index (κ1) is 12.1. The van der Waals surface area contributed by atoms with Gasteiger partial charge in [0.25, 0.3) is 0 Å². The largest absolute Gasteiger partial charge is 0.445 e. The van der Waals surface area contributed by atoms with Crippen LogP contribution in [0.25, 0.3) is 11.1 Å². The molecule has 94 valence electrons. The monoisotopic (exact) mass is 250 g/mol. The SMILES string of the molecule is C=CCOC(=O)NCc1nc2c(F)cccc2o1. The van der Waals surface area contributed by atoms with E-state index < -0.39 is 11.9 Å². The van der Waals surface area contributed by atoms with Crippen molar-refractivity contribution >= 4 is 17.2 Å². The van der Waals surface area contributed by atoms with Gasteiger partial charge in [-0.1, -0.05) is 18.7 Å². The maximum absolute atomic E-state index is 13.3. The zero-order valence-electron chi connectivity index (χ0n) is 9.48. The smallest absolute Gasteiger partial charge is 0.407 e. The molecule has 0 spiro atoms. The van der Waals surface area contributed by atoms with Crippen molar-refractivity contribution in [2.45, 2.75) is 6.54 Å². The van der Waals surface area contributed by atoms with Crippen LogP contribution in [0, 0.1) is 5.82 Å². The average Bonchev–Trinajstić information content (AvgIpc) is 2.78. The van der Waals surface area contributed by atoms with E-state index in [0.29, 0.717) is 5.58 Å². The van der Waals surface area contributed by atoms with Gasteiger partial charge in [0.15, 0.2) is 11.4 Å². The topological polar surface area (TPSA) is 64.4 Å². The molecule has 0 aliphatic carbocycles. The first-order valence-electron chi connectivity index (χ1n) is 5.26. The second-order valence-corrected chi connectivity index (χ2v) is 3.43. The molecule has 0 aliphatic rings. The van der Waals surface area contributed by atoms with Gasteiger partial charge in [-0.25, -0.2) is 14.2 Å². The fourth-order valence-corrected chi connectivity index (χ4v) is 1.37. The number of para-hydroxylation sites is 1. The molecule has 0 radical (unpaired) electrons. The highest BCUT2D eigenvalue weighted by Gasteiger charge is 2.10. The number of nitrogens with one attached hydrogen (secondary N) is 1. The lowest BCUT2D eigenvalue weighted by molar-refractivity contribution is 0.157. The number of halogens is 1. The van der Waals surface area contributed by atoms with Crippen molar-refractivity contribution in [2.24, 2.45) is 0 Å². The highest BCUT2D eigenvalue weighted by atomic mass is 19.1. The molecule has 5 nitrogen and oxygen atoms in total. The number of oxazole rings is 1. The minimum atomic E-state index is -0.613. The molecule has 0 saturated heterocycles. The van der Waals surface area contributed by atoms with Crippen LogP contribution in [-0.4, -0.2) is 17.7 Å². The van der Waals surface area contributed by atoms with Crippen molar-refractivity contribution in [3.63, 3.8) is 0 Å². The molecule has 1 N–H and O–H groups in total. The molecule has 1 amide bonds. The van der Waals surface area contributed by atoms with Gasteiger partial charge in [0.05, 0.1) is 6.54 Å². The number of hydrogen-bond donors (Lipinski definition) is 1. The Balaban J connectivity index is 2.02. The number of rotatable bonds is 4. The first-order valence-corrected chi connectivity index (χ1v) is 5.26. The van der Waals surface area contributed by atoms with Crippen LogP contribution in [0.5, 0.6) is 0 Å². The average molecular weight is 250 g/mol. The lowest BCUT2D eigenvalue weighted by Crippen LogP contribution is -2.23. The van der Waals surface area contributed by atoms with Crippen LogP contribution in [-0.2, 0) is 11.3 Å². The molecule has 1 aromatic carbocycles. The number of ether oxygens (including phenoxy) is 1. The van der Waals surface area contributed by atoms with E-state index in [1.54, 1.807) is 6.07 Å². The molecule has 2 rings (SSSR count). The number of nitrogens with zero attached hydrogens (tertiary/aromatic N) is 1. The lowest BCUT2D eigenvalue weighted by Gasteiger charge is -2.01. The maximum Gasteiger partial charge on any atom is 0.407 e. The summed E-state index contributed by atoms with van der Waals surface area (Å²) in [5.74, 6) is -0.248. The molecule has 1 aromatic heterocycles. The predicted molar refractivity (Wildman–Crippen MR) is 62.4 cm³/mol. The van der Waals surface area contributed by atoms with E-state index in [9.17, 15) is 9.18 Å². The number of benzene rings is 1. The van der Waals surface area contributed by atoms with Gasteiger partial charge in [0, 0.05) is 0 Å². The molecular weight excluding hydrogens is 239 g/mol. The molecule has 1 heterocycles. The van der Waals surface area contributed by atoms with Crippen molar-refractivity contribution in [2.75, 3.05) is 6.61 Å². The zero-order chi connectivity index (χ0) is 13.0. The molecule has 18 heavy (non-hydrogen) atoms. The lowest BCUT2D eigenvalue weighted by atomic mass is 10.3. The number of alkyl carbamates (subject to hydrolysis) is 1. The summed E-state index contributed by atoms with van der Waals surface area (Å²) in [6.45, 7) is 3.56. The van der Waals surface area contributed by atoms with E-state index in [4.69, 9.17) is 9.15 Å². The fraction of sp³-hybridized carbons (Fsp3) is 0.167. The second kappa shape index (κ2) is 5.31. The van der Waals surface area contributed by atoms with E-state index in [0.717, 1.165) is 0 Å². The van der Waals surface area contributed by atoms with Crippen LogP contribution >= 0.6 is 0 Å². The van der Waals surface area contributed by atoms with E-state index in [2.05, 4.69) is 16.9 Å². The van der Waals surface area contributed by atoms with Crippen LogP contribution in [0.15, 0.2) is 35.3 Å². The Hall–Kier alpha value is -2.37. The van der Waals surface area contributed by atoms with Crippen LogP contribution < -0.4 is 5.32 Å². The van der Waals surface area contributed by atoms with Crippen molar-refractivity contribution in [1.29, 1.82) is 0 Å². The highest BCUT2D eigenvalue weighted by Crippen LogP contribution is 2.18. The van der Waals surface area contributed by atoms with Crippen molar-refractivity contribution in [3.8, 4) is 0 Å². The van der Waals surface area contributed by atoms with Crippen LogP contribution in [0.1, 0.15) is 5.89 Å². The summed E-state index contributed by atoms with van der Waals surface area (Å²) in [6, 6.07) is 4.42. The number of carbonyl (C=O) groups is 1. The third-order valence-electron chi connectivity index (χ3n) is 2.13. The van der Waals surface area contributed by atoms with E-state index in [1.165, 1.54) is 18.2 Å². The molecule has 0 fully saturated rings. The molecule has 6 heteroatoms. The zero-order valence-corrected chi connectivity index (χ0v) is 9.48. The van der Waals surface area contributed by atoms with Crippen LogP contribution in [0.4, 0.5) is 9.18 Å². The van der Waals surface area contributed by atoms with Crippen molar-refractivity contribution in [1.82, 2.24) is 10.3 Å². The van der Waals surface area contributed by atoms with Gasteiger partial charge < -0.3 is 14.5 Å². The summed E-state index contributed by atoms with van der Waals surface area (Å²) in [5, 5.41) is 2.43. The van der Waals surface area contributed by atoms with Gasteiger partial charge in [-0.3, -0.25) is 0 Å². The molecule has 0 bridgehead atoms. The maximum atomic E-state index is 13.3. The third-order valence-corrected chi connectivity index (χ3v) is 2.13. The Morgan fingerprint density at radius 1 is 1.61 bits per heavy atom. The summed E-state index contributed by atoms with van der Waals surface area (Å²) < 4.78 is 23.3. The molecular formula is C12H11FN2O3. The minimum absolute atomic E-state index is 0.0318. The quantitative estimate of drug-likeness (QED) is 0.846. The summed E-state index contributed by atoms with van der Waals surface area (Å²) in [7, 11) is 0. The molecule has 0 unspecified atom stereocenters. The summed E-state index contributed by atoms with van der Waals surface area (Å²) in [4.78, 5) is 15.1. The molecule has 0 saturated carbocycles. The van der Waals surface area contributed by atoms with Gasteiger partial charge in [-0.15, -0.1) is 0 Å². The molecule has 0 atom stereocenters. The van der Waals surface area contributed by atoms with Gasteiger partial charge in [-0.2, -0.15) is 0 Å². The number of amides is 1. The standard InChI is InChI=1S/C12H11FN2O3/c1-2-6-17-12(16)14-7-10-15-11-8(13)4-3-5-9(11)18-10/h2-5H,1,6-7H2,(H,14,16). The van der Waals surface area contributed by atoms with Crippen molar-refractivity contribution < 1.29 is 18.3 Å². The Morgan fingerprint density at radius 2 is 2.44 bits per heavy atom. The summed E-state index contributed by atoms with van der Waals surface area (Å²) in [6.07, 6.45) is 0.839. The Bertz CT molecular complexity index is 580. The number of carbonyl (C=O) groups excluding carboxylic acids is 1. The molecule has 0 aliphatic heterocycles. The number of hydrogen-bond acceptors (Lipinski definition) is 4. The van der Waals surface area contributed by atoms with E-state index in [1.807, 2.05) is 0 Å². The van der Waals surface area contributed by atoms with Crippen LogP contribution in [0.3, 0.4) is 0 Å². The second-order valence-electron chi connectivity index (χ2n) is 3.43. The van der Waals surface area contributed by atoms with Crippen LogP contribution in [0.2, 0.25) is 0 Å². The van der Waals surface area contributed by atoms with Gasteiger partial charge >= 0.3 is 6.09 Å². The Kier molecular flexibility index (Phi) is 3.57. The van der Waals surface area contributed by atoms with Gasteiger partial charge in [-0.05, 0) is 12.1 Å². The van der Waals surface area contributed by atoms with E-state index >= 15 is 0 Å². The van der Waals surface area contributed by atoms with Crippen molar-refractivity contribution in [3.05, 3.63) is 42.6 Å². The number of aromatic nitrogens is 1. The molecule has 2 aromatic rings. The Morgan fingerprint density at radius 3 is 3.17 bits per heavy atom.